The molecule has 115 valence electrons. The Morgan fingerprint density at radius 3 is 1.05 bits per heavy atom. The Bertz CT molecular complexity index is 314. The van der Waals surface area contributed by atoms with Crippen molar-refractivity contribution in [2.24, 2.45) is 0 Å². The van der Waals surface area contributed by atoms with Gasteiger partial charge in [-0.1, -0.05) is 25.9 Å². The van der Waals surface area contributed by atoms with E-state index in [9.17, 15) is 4.79 Å². The van der Waals surface area contributed by atoms with Crippen LogP contribution in [0.3, 0.4) is 0 Å². The van der Waals surface area contributed by atoms with Gasteiger partial charge in [-0.2, -0.15) is 0 Å². The molecule has 20 heavy (non-hydrogen) atoms. The van der Waals surface area contributed by atoms with Gasteiger partial charge in [0.05, 0.1) is 0 Å². The number of rotatable bonds is 0. The number of aromatic nitrogens is 1. The molecule has 11 heteroatoms. The molecule has 0 unspecified atom stereocenters. The van der Waals surface area contributed by atoms with Crippen LogP contribution >= 0.6 is 0 Å². The quantitative estimate of drug-likeness (QED) is 0.318. The fourth-order valence-corrected chi connectivity index (χ4v) is 0.372. The van der Waals surface area contributed by atoms with E-state index in [1.807, 2.05) is 0 Å². The second-order valence-electron chi connectivity index (χ2n) is 1.60. The Hall–Kier alpha value is -1.59. The van der Waals surface area contributed by atoms with E-state index in [4.69, 9.17) is 39.6 Å². The molecule has 0 spiro atoms. The number of aliphatic hydroxyl groups excluding tert-OH is 4. The minimum absolute atomic E-state index is 0. The Labute approximate surface area is 153 Å². The number of nitrogens with one attached hydrogen (secondary N) is 1. The van der Waals surface area contributed by atoms with Crippen molar-refractivity contribution >= 4 is 25.9 Å². The zero-order chi connectivity index (χ0) is 15.9. The normalized spacial score (nSPS) is 5.40. The van der Waals surface area contributed by atoms with Crippen LogP contribution in [0.4, 0.5) is 0 Å². The molecular formula is C9H9EuNO9-4. The van der Waals surface area contributed by atoms with Gasteiger partial charge in [-0.15, -0.1) is 0 Å². The van der Waals surface area contributed by atoms with Crippen LogP contribution in [0.1, 0.15) is 0 Å². The summed E-state index contributed by atoms with van der Waals surface area (Å²) in [5, 5.41) is 27.1. The van der Waals surface area contributed by atoms with Crippen molar-refractivity contribution in [1.29, 1.82) is 0 Å². The molecule has 1 heterocycles. The first-order chi connectivity index (χ1) is 9.05. The van der Waals surface area contributed by atoms with Gasteiger partial charge in [0.15, 0.2) is 5.43 Å². The van der Waals surface area contributed by atoms with Crippen molar-refractivity contribution in [3.05, 3.63) is 34.7 Å². The van der Waals surface area contributed by atoms with E-state index in [2.05, 4.69) is 4.98 Å². The van der Waals surface area contributed by atoms with Crippen molar-refractivity contribution in [3.63, 3.8) is 0 Å². The summed E-state index contributed by atoms with van der Waals surface area (Å²) < 4.78 is 0. The van der Waals surface area contributed by atoms with Gasteiger partial charge in [0.1, 0.15) is 0 Å². The summed E-state index contributed by atoms with van der Waals surface area (Å²) in [5.41, 5.74) is 0.0405. The smallest absolute Gasteiger partial charge is 0.181 e. The third kappa shape index (κ3) is 94.8. The largest absolute Gasteiger partial charge is 0.665 e. The topological polar surface area (TPSA) is 182 Å². The monoisotopic (exact) mass is 428 g/mol. The number of hydrogen-bond donors (Lipinski definition) is 5. The maximum atomic E-state index is 10.2. The van der Waals surface area contributed by atoms with Gasteiger partial charge in [-0.05, 0) is 0 Å². The van der Waals surface area contributed by atoms with Gasteiger partial charge < -0.3 is 44.6 Å². The molecule has 0 fully saturated rings. The summed E-state index contributed by atoms with van der Waals surface area (Å²) >= 11 is 0. The second-order valence-corrected chi connectivity index (χ2v) is 1.60. The molecule has 0 aliphatic heterocycles. The van der Waals surface area contributed by atoms with Gasteiger partial charge in [0.2, 0.25) is 0 Å². The molecule has 0 atom stereocenters. The van der Waals surface area contributed by atoms with Crippen molar-refractivity contribution < 1.29 is 89.0 Å². The summed E-state index contributed by atoms with van der Waals surface area (Å²) in [7, 11) is 0. The first-order valence-electron chi connectivity index (χ1n) is 3.74. The molecule has 0 amide bonds. The standard InChI is InChI=1S/C5H5NO.4CHO2.Eu/c7-5-1-3-6-4-2-5;4*2-1-3;/h1-4H,(H,6,7);4*(H,2,3);/q;4*-1;. The first kappa shape index (κ1) is 31.0. The third-order valence-electron chi connectivity index (χ3n) is 0.688. The first-order valence-corrected chi connectivity index (χ1v) is 3.74. The molecular weight excluding hydrogens is 418 g/mol. The fraction of sp³-hybridized carbons (Fsp3) is 0. The predicted octanol–water partition coefficient (Wildman–Crippen LogP) is -1.18. The zero-order valence-corrected chi connectivity index (χ0v) is 11.9. The van der Waals surface area contributed by atoms with Gasteiger partial charge in [-0.3, -0.25) is 4.79 Å². The van der Waals surface area contributed by atoms with E-state index in [0.717, 1.165) is 0 Å². The van der Waals surface area contributed by atoms with Crippen molar-refractivity contribution in [2.75, 3.05) is 0 Å². The molecule has 1 rings (SSSR count). The van der Waals surface area contributed by atoms with E-state index in [1.54, 1.807) is 12.4 Å². The Morgan fingerprint density at radius 1 is 0.750 bits per heavy atom. The molecule has 0 saturated carbocycles. The van der Waals surface area contributed by atoms with Crippen molar-refractivity contribution in [1.82, 2.24) is 4.98 Å². The van der Waals surface area contributed by atoms with Gasteiger partial charge >= 0.3 is 0 Å². The minimum Gasteiger partial charge on any atom is -0.665 e. The summed E-state index contributed by atoms with van der Waals surface area (Å²) in [5.74, 6) is 0. The van der Waals surface area contributed by atoms with Crippen molar-refractivity contribution in [2.45, 2.75) is 0 Å². The third-order valence-corrected chi connectivity index (χ3v) is 0.688. The zero-order valence-electron chi connectivity index (χ0n) is 9.52. The summed E-state index contributed by atoms with van der Waals surface area (Å²) in [6, 6.07) is 2.94. The van der Waals surface area contributed by atoms with Crippen LogP contribution in [0.25, 0.3) is 0 Å². The van der Waals surface area contributed by atoms with Crippen LogP contribution in [-0.2, 0) is 19.2 Å². The fourth-order valence-electron chi connectivity index (χ4n) is 0.372. The molecule has 10 nitrogen and oxygen atoms in total. The van der Waals surface area contributed by atoms with Gasteiger partial charge in [0.25, 0.3) is 0 Å². The van der Waals surface area contributed by atoms with Crippen LogP contribution in [0.5, 0.6) is 0 Å². The van der Waals surface area contributed by atoms with E-state index in [-0.39, 0.29) is 54.8 Å². The van der Waals surface area contributed by atoms with E-state index in [0.29, 0.717) is 25.9 Å². The minimum atomic E-state index is 0. The SMILES string of the molecule is O=[C-]O.O=[C-]O.O=[C-]O.O=[C-]O.O=c1cc[nH]cc1.[Eu]. The molecule has 0 saturated heterocycles. The van der Waals surface area contributed by atoms with Crippen LogP contribution in [-0.4, -0.2) is 51.3 Å². The predicted molar refractivity (Wildman–Crippen MR) is 60.4 cm³/mol. The van der Waals surface area contributed by atoms with Gasteiger partial charge in [-0.25, -0.2) is 0 Å². The Kier molecular flexibility index (Phi) is 67.1. The molecule has 1 aromatic rings. The molecule has 1 radical (unpaired) electrons. The number of hydrogen-bond acceptors (Lipinski definition) is 5. The molecule has 0 bridgehead atoms. The average molecular weight is 427 g/mol. The summed E-state index contributed by atoms with van der Waals surface area (Å²) in [4.78, 5) is 45.9. The van der Waals surface area contributed by atoms with Crippen LogP contribution in [0.15, 0.2) is 29.3 Å². The molecule has 5 N–H and O–H groups in total. The van der Waals surface area contributed by atoms with E-state index < -0.39 is 0 Å². The maximum Gasteiger partial charge on any atom is 0.181 e. The van der Waals surface area contributed by atoms with Crippen LogP contribution in [0, 0.1) is 49.4 Å². The molecule has 0 aromatic carbocycles. The summed E-state index contributed by atoms with van der Waals surface area (Å²) in [6.45, 7) is 2.00. The molecule has 0 aliphatic carbocycles. The van der Waals surface area contributed by atoms with E-state index in [1.165, 1.54) is 12.1 Å². The second kappa shape index (κ2) is 43.3. The van der Waals surface area contributed by atoms with Crippen LogP contribution in [0.2, 0.25) is 0 Å². The van der Waals surface area contributed by atoms with Gasteiger partial charge in [0, 0.05) is 73.9 Å². The Morgan fingerprint density at radius 2 is 0.950 bits per heavy atom. The van der Waals surface area contributed by atoms with Crippen molar-refractivity contribution in [3.8, 4) is 0 Å². The average Bonchev–Trinajstić information content (AvgIpc) is 2.34. The Balaban J connectivity index is -0.0000000505. The molecule has 0 aliphatic rings. The number of H-pyrrole nitrogens is 1. The maximum absolute atomic E-state index is 10.2. The molecule has 1 aromatic heterocycles. The number of pyridine rings is 1. The summed E-state index contributed by atoms with van der Waals surface area (Å²) in [6.07, 6.45) is 3.20. The number of aromatic amines is 1. The van der Waals surface area contributed by atoms with E-state index >= 15 is 0 Å². The van der Waals surface area contributed by atoms with Crippen LogP contribution < -0.4 is 5.43 Å².